The van der Waals surface area contributed by atoms with E-state index in [1.54, 1.807) is 6.26 Å². The van der Waals surface area contributed by atoms with Gasteiger partial charge in [-0.25, -0.2) is 8.51 Å². The minimum absolute atomic E-state index is 0.0296. The Morgan fingerprint density at radius 3 is 2.46 bits per heavy atom. The highest BCUT2D eigenvalue weighted by Gasteiger charge is 2.67. The van der Waals surface area contributed by atoms with Crippen LogP contribution in [0.2, 0.25) is 5.02 Å². The first-order chi connectivity index (χ1) is 17.9. The molecule has 6 rings (SSSR count). The highest BCUT2D eigenvalue weighted by Crippen LogP contribution is 2.66. The standard InChI is InChI=1S/C29H28ClN3O3S/c1-37(36)32-15-13-31(14-16-32)27(34)22-6-4-5-20(17-22)19-33-26-8-3-2-7-24(26)29(28(33)35)18-25(29)21-9-11-23(30)12-10-21/h2-12,17,25H,13-16,18-19H2,1H3. The van der Waals surface area contributed by atoms with Gasteiger partial charge in [-0.15, -0.1) is 0 Å². The third-order valence-corrected chi connectivity index (χ3v) is 9.28. The van der Waals surface area contributed by atoms with E-state index in [0.717, 1.165) is 28.8 Å². The lowest BCUT2D eigenvalue weighted by molar-refractivity contribution is -0.120. The van der Waals surface area contributed by atoms with Crippen LogP contribution in [0.25, 0.3) is 0 Å². The Morgan fingerprint density at radius 1 is 1.00 bits per heavy atom. The lowest BCUT2D eigenvalue weighted by atomic mass is 9.92. The summed E-state index contributed by atoms with van der Waals surface area (Å²) in [6.07, 6.45) is 2.45. The van der Waals surface area contributed by atoms with Gasteiger partial charge in [-0.3, -0.25) is 9.59 Å². The molecule has 8 heteroatoms. The van der Waals surface area contributed by atoms with Crippen LogP contribution in [0.5, 0.6) is 0 Å². The zero-order valence-electron chi connectivity index (χ0n) is 20.6. The van der Waals surface area contributed by atoms with Gasteiger partial charge in [-0.05, 0) is 53.4 Å². The molecule has 1 saturated heterocycles. The summed E-state index contributed by atoms with van der Waals surface area (Å²) in [6.45, 7) is 2.72. The molecule has 3 atom stereocenters. The number of hydrogen-bond donors (Lipinski definition) is 0. The summed E-state index contributed by atoms with van der Waals surface area (Å²) < 4.78 is 13.6. The van der Waals surface area contributed by atoms with E-state index in [9.17, 15) is 13.8 Å². The van der Waals surface area contributed by atoms with E-state index >= 15 is 0 Å². The summed E-state index contributed by atoms with van der Waals surface area (Å²) in [5, 5.41) is 0.690. The van der Waals surface area contributed by atoms with Gasteiger partial charge in [0.1, 0.15) is 0 Å². The molecule has 0 bridgehead atoms. The number of anilines is 1. The third-order valence-electron chi connectivity index (χ3n) is 7.94. The second-order valence-corrected chi connectivity index (χ2v) is 11.8. The molecule has 1 saturated carbocycles. The topological polar surface area (TPSA) is 60.9 Å². The molecule has 0 N–H and O–H groups in total. The summed E-state index contributed by atoms with van der Waals surface area (Å²) in [7, 11) is -1.02. The summed E-state index contributed by atoms with van der Waals surface area (Å²) in [6, 6.07) is 23.5. The maximum atomic E-state index is 13.9. The molecular formula is C29H28ClN3O3S. The normalized spacial score (nSPS) is 23.8. The number of benzene rings is 3. The van der Waals surface area contributed by atoms with Crippen molar-refractivity contribution in [1.82, 2.24) is 9.21 Å². The predicted octanol–water partition coefficient (Wildman–Crippen LogP) is 4.36. The molecule has 2 heterocycles. The zero-order valence-corrected chi connectivity index (χ0v) is 22.2. The molecule has 3 aliphatic rings. The molecule has 37 heavy (non-hydrogen) atoms. The fourth-order valence-corrected chi connectivity index (χ4v) is 6.72. The van der Waals surface area contributed by atoms with Crippen molar-refractivity contribution in [2.75, 3.05) is 37.3 Å². The Bertz CT molecular complexity index is 1400. The first-order valence-corrected chi connectivity index (χ1v) is 14.4. The van der Waals surface area contributed by atoms with Crippen LogP contribution in [0.3, 0.4) is 0 Å². The number of halogens is 1. The molecule has 3 unspecified atom stereocenters. The molecule has 1 spiro atoms. The van der Waals surface area contributed by atoms with Crippen molar-refractivity contribution in [3.05, 3.63) is 100 Å². The number of rotatable bonds is 5. The Morgan fingerprint density at radius 2 is 1.73 bits per heavy atom. The summed E-state index contributed by atoms with van der Waals surface area (Å²) in [5.74, 6) is 0.222. The van der Waals surface area contributed by atoms with Crippen molar-refractivity contribution in [1.29, 1.82) is 0 Å². The van der Waals surface area contributed by atoms with Gasteiger partial charge >= 0.3 is 0 Å². The summed E-state index contributed by atoms with van der Waals surface area (Å²) in [4.78, 5) is 30.8. The van der Waals surface area contributed by atoms with Crippen molar-refractivity contribution >= 4 is 40.1 Å². The minimum atomic E-state index is -1.02. The number of carbonyl (C=O) groups excluding carboxylic acids is 2. The van der Waals surface area contributed by atoms with Gasteiger partial charge in [0.25, 0.3) is 5.91 Å². The number of hydrogen-bond acceptors (Lipinski definition) is 3. The van der Waals surface area contributed by atoms with Crippen LogP contribution in [0.15, 0.2) is 72.8 Å². The molecule has 190 valence electrons. The second kappa shape index (κ2) is 9.39. The van der Waals surface area contributed by atoms with Gasteiger partial charge in [-0.1, -0.05) is 54.1 Å². The Labute approximate surface area is 224 Å². The second-order valence-electron chi connectivity index (χ2n) is 10.0. The molecule has 6 nitrogen and oxygen atoms in total. The van der Waals surface area contributed by atoms with Crippen molar-refractivity contribution < 1.29 is 13.8 Å². The number of carbonyl (C=O) groups is 2. The highest BCUT2D eigenvalue weighted by molar-refractivity contribution is 7.81. The van der Waals surface area contributed by atoms with Gasteiger partial charge in [0.15, 0.2) is 0 Å². The van der Waals surface area contributed by atoms with Crippen molar-refractivity contribution in [3.8, 4) is 0 Å². The molecule has 1 aliphatic carbocycles. The smallest absolute Gasteiger partial charge is 0.253 e. The lowest BCUT2D eigenvalue weighted by Crippen LogP contribution is -2.48. The SMILES string of the molecule is CS(=O)N1CCN(C(=O)c2cccc(CN3C(=O)C4(CC4c4ccc(Cl)cc4)c4ccccc43)c2)CC1. The molecular weight excluding hydrogens is 506 g/mol. The van der Waals surface area contributed by atoms with Crippen LogP contribution < -0.4 is 4.90 Å². The van der Waals surface area contributed by atoms with Crippen LogP contribution in [-0.4, -0.2) is 57.7 Å². The van der Waals surface area contributed by atoms with E-state index in [-0.39, 0.29) is 17.7 Å². The van der Waals surface area contributed by atoms with Crippen LogP contribution in [0, 0.1) is 0 Å². The summed E-state index contributed by atoms with van der Waals surface area (Å²) in [5.41, 5.74) is 4.17. The van der Waals surface area contributed by atoms with Gasteiger partial charge < -0.3 is 9.80 Å². The number of nitrogens with zero attached hydrogens (tertiary/aromatic N) is 3. The molecule has 0 radical (unpaired) electrons. The fraction of sp³-hybridized carbons (Fsp3) is 0.310. The van der Waals surface area contributed by atoms with E-state index in [4.69, 9.17) is 11.6 Å². The zero-order chi connectivity index (χ0) is 25.7. The largest absolute Gasteiger partial charge is 0.336 e. The van der Waals surface area contributed by atoms with Gasteiger partial charge in [-0.2, -0.15) is 0 Å². The maximum absolute atomic E-state index is 13.9. The quantitative estimate of drug-likeness (QED) is 0.489. The number of piperazine rings is 1. The van der Waals surface area contributed by atoms with Crippen molar-refractivity contribution in [2.24, 2.45) is 0 Å². The van der Waals surface area contributed by atoms with Gasteiger partial charge in [0, 0.05) is 54.6 Å². The van der Waals surface area contributed by atoms with E-state index < -0.39 is 16.4 Å². The Balaban J connectivity index is 1.23. The number of fused-ring (bicyclic) bond motifs is 2. The summed E-state index contributed by atoms with van der Waals surface area (Å²) >= 11 is 6.10. The van der Waals surface area contributed by atoms with Crippen LogP contribution in [0.1, 0.15) is 39.4 Å². The van der Waals surface area contributed by atoms with Crippen LogP contribution in [-0.2, 0) is 27.7 Å². The van der Waals surface area contributed by atoms with E-state index in [1.165, 1.54) is 0 Å². The predicted molar refractivity (Wildman–Crippen MR) is 146 cm³/mol. The molecule has 3 aromatic carbocycles. The molecule has 2 fully saturated rings. The lowest BCUT2D eigenvalue weighted by Gasteiger charge is -2.33. The monoisotopic (exact) mass is 533 g/mol. The van der Waals surface area contributed by atoms with Crippen molar-refractivity contribution in [2.45, 2.75) is 24.3 Å². The van der Waals surface area contributed by atoms with E-state index in [2.05, 4.69) is 6.07 Å². The average molecular weight is 534 g/mol. The minimum Gasteiger partial charge on any atom is -0.336 e. The molecule has 3 aromatic rings. The third kappa shape index (κ3) is 4.19. The first kappa shape index (κ1) is 24.3. The van der Waals surface area contributed by atoms with Crippen LogP contribution in [0.4, 0.5) is 5.69 Å². The van der Waals surface area contributed by atoms with E-state index in [1.807, 2.05) is 80.8 Å². The number of amides is 2. The first-order valence-electron chi connectivity index (χ1n) is 12.5. The molecule has 0 aromatic heterocycles. The van der Waals surface area contributed by atoms with Crippen molar-refractivity contribution in [3.63, 3.8) is 0 Å². The molecule has 2 aliphatic heterocycles. The highest BCUT2D eigenvalue weighted by atomic mass is 35.5. The van der Waals surface area contributed by atoms with Crippen LogP contribution >= 0.6 is 11.6 Å². The Kier molecular flexibility index (Phi) is 6.18. The van der Waals surface area contributed by atoms with Gasteiger partial charge in [0.05, 0.1) is 22.9 Å². The molecule has 2 amide bonds. The number of para-hydroxylation sites is 1. The fourth-order valence-electron chi connectivity index (χ4n) is 5.92. The van der Waals surface area contributed by atoms with E-state index in [0.29, 0.717) is 43.3 Å². The Hall–Kier alpha value is -3.00. The average Bonchev–Trinajstić information content (AvgIpc) is 3.63. The maximum Gasteiger partial charge on any atom is 0.253 e. The van der Waals surface area contributed by atoms with Gasteiger partial charge in [0.2, 0.25) is 5.91 Å².